The van der Waals surface area contributed by atoms with E-state index >= 15 is 0 Å². The van der Waals surface area contributed by atoms with Crippen LogP contribution in [0.3, 0.4) is 0 Å². The molecule has 0 aromatic heterocycles. The van der Waals surface area contributed by atoms with E-state index in [4.69, 9.17) is 9.79 Å². The first-order valence-corrected chi connectivity index (χ1v) is 11.7. The molecule has 0 saturated heterocycles. The van der Waals surface area contributed by atoms with Crippen molar-refractivity contribution in [3.63, 3.8) is 0 Å². The molecule has 140 valence electrons. The van der Waals surface area contributed by atoms with E-state index in [0.29, 0.717) is 5.75 Å². The molecule has 2 N–H and O–H groups in total. The zero-order valence-electron chi connectivity index (χ0n) is 13.3. The third kappa shape index (κ3) is 5.75. The molecular formula is C17H15Br2F2O3PS. The van der Waals surface area contributed by atoms with E-state index in [-0.39, 0.29) is 4.47 Å². The van der Waals surface area contributed by atoms with E-state index in [1.165, 1.54) is 12.1 Å². The van der Waals surface area contributed by atoms with Gasteiger partial charge in [-0.15, -0.1) is 0 Å². The Morgan fingerprint density at radius 2 is 1.77 bits per heavy atom. The van der Waals surface area contributed by atoms with Crippen LogP contribution in [0.5, 0.6) is 0 Å². The van der Waals surface area contributed by atoms with Crippen LogP contribution in [0, 0.1) is 0 Å². The average Bonchev–Trinajstić information content (AvgIpc) is 2.55. The van der Waals surface area contributed by atoms with Gasteiger partial charge in [-0.3, -0.25) is 4.57 Å². The fourth-order valence-electron chi connectivity index (χ4n) is 2.05. The molecule has 0 atom stereocenters. The minimum absolute atomic E-state index is 0.0191. The second kappa shape index (κ2) is 9.13. The van der Waals surface area contributed by atoms with E-state index in [2.05, 4.69) is 31.9 Å². The van der Waals surface area contributed by atoms with Gasteiger partial charge in [0.1, 0.15) is 0 Å². The van der Waals surface area contributed by atoms with Crippen molar-refractivity contribution in [1.29, 1.82) is 0 Å². The van der Waals surface area contributed by atoms with Crippen molar-refractivity contribution in [3.05, 3.63) is 74.2 Å². The van der Waals surface area contributed by atoms with Crippen molar-refractivity contribution >= 4 is 57.3 Å². The van der Waals surface area contributed by atoms with E-state index in [1.807, 2.05) is 36.4 Å². The number of hydrogen-bond acceptors (Lipinski definition) is 2. The molecule has 0 spiro atoms. The van der Waals surface area contributed by atoms with Gasteiger partial charge in [0.25, 0.3) is 0 Å². The minimum Gasteiger partial charge on any atom is -0.320 e. The molecule has 3 nitrogen and oxygen atoms in total. The quantitative estimate of drug-likeness (QED) is 0.324. The molecule has 2 aromatic carbocycles. The Hall–Kier alpha value is -0.500. The molecule has 0 bridgehead atoms. The molecule has 0 amide bonds. The number of hydrogen-bond donors (Lipinski definition) is 2. The SMILES string of the molecule is O=P(O)(O)C(F)(F)c1ccc(CSCC=Cc2ccc(Br)cc2)cc1Br. The van der Waals surface area contributed by atoms with Gasteiger partial charge in [-0.05, 0) is 29.3 Å². The van der Waals surface area contributed by atoms with Crippen molar-refractivity contribution < 1.29 is 23.1 Å². The van der Waals surface area contributed by atoms with E-state index < -0.39 is 18.8 Å². The summed E-state index contributed by atoms with van der Waals surface area (Å²) in [5.41, 5.74) is -3.07. The Balaban J connectivity index is 1.94. The van der Waals surface area contributed by atoms with E-state index in [1.54, 1.807) is 11.8 Å². The lowest BCUT2D eigenvalue weighted by atomic mass is 10.1. The number of rotatable bonds is 7. The maximum absolute atomic E-state index is 13.8. The maximum atomic E-state index is 13.8. The summed E-state index contributed by atoms with van der Waals surface area (Å²) in [5, 5.41) is 0. The fourth-order valence-corrected chi connectivity index (χ4v) is 4.42. The molecule has 0 aliphatic carbocycles. The van der Waals surface area contributed by atoms with Crippen LogP contribution in [0.1, 0.15) is 16.7 Å². The molecule has 0 saturated carbocycles. The fraction of sp³-hybridized carbons (Fsp3) is 0.176. The zero-order valence-corrected chi connectivity index (χ0v) is 18.2. The smallest absolute Gasteiger partial charge is 0.320 e. The second-order valence-electron chi connectivity index (χ2n) is 5.37. The summed E-state index contributed by atoms with van der Waals surface area (Å²) in [6, 6.07) is 11.9. The summed E-state index contributed by atoms with van der Waals surface area (Å²) < 4.78 is 39.5. The van der Waals surface area contributed by atoms with Gasteiger partial charge in [0, 0.05) is 26.0 Å². The summed E-state index contributed by atoms with van der Waals surface area (Å²) in [4.78, 5) is 17.7. The van der Waals surface area contributed by atoms with Crippen LogP contribution in [0.15, 0.2) is 57.5 Å². The minimum atomic E-state index is -5.58. The summed E-state index contributed by atoms with van der Waals surface area (Å²) >= 11 is 7.96. The van der Waals surface area contributed by atoms with Gasteiger partial charge in [0.2, 0.25) is 0 Å². The summed E-state index contributed by atoms with van der Waals surface area (Å²) in [7, 11) is -5.58. The average molecular weight is 528 g/mol. The molecule has 26 heavy (non-hydrogen) atoms. The Bertz CT molecular complexity index is 838. The van der Waals surface area contributed by atoms with E-state index in [0.717, 1.165) is 27.4 Å². The number of alkyl halides is 2. The van der Waals surface area contributed by atoms with E-state index in [9.17, 15) is 13.3 Å². The van der Waals surface area contributed by atoms with Crippen LogP contribution < -0.4 is 0 Å². The summed E-state index contributed by atoms with van der Waals surface area (Å²) in [5.74, 6) is 1.33. The number of halogens is 4. The van der Waals surface area contributed by atoms with Crippen LogP contribution in [0.25, 0.3) is 6.08 Å². The lowest BCUT2D eigenvalue weighted by Crippen LogP contribution is -2.14. The molecule has 2 aromatic rings. The van der Waals surface area contributed by atoms with Crippen molar-refractivity contribution in [1.82, 2.24) is 0 Å². The van der Waals surface area contributed by atoms with Gasteiger partial charge in [-0.1, -0.05) is 68.3 Å². The van der Waals surface area contributed by atoms with Crippen molar-refractivity contribution in [2.24, 2.45) is 0 Å². The molecule has 0 heterocycles. The second-order valence-corrected chi connectivity index (χ2v) is 9.82. The van der Waals surface area contributed by atoms with Crippen LogP contribution in [-0.4, -0.2) is 15.5 Å². The Morgan fingerprint density at radius 3 is 2.35 bits per heavy atom. The lowest BCUT2D eigenvalue weighted by Gasteiger charge is -2.19. The monoisotopic (exact) mass is 526 g/mol. The van der Waals surface area contributed by atoms with Gasteiger partial charge in [0.15, 0.2) is 0 Å². The topological polar surface area (TPSA) is 57.5 Å². The largest absolute Gasteiger partial charge is 0.399 e. The van der Waals surface area contributed by atoms with Crippen molar-refractivity contribution in [3.8, 4) is 0 Å². The van der Waals surface area contributed by atoms with Crippen LogP contribution >= 0.6 is 51.2 Å². The van der Waals surface area contributed by atoms with Gasteiger partial charge in [-0.25, -0.2) is 0 Å². The third-order valence-electron chi connectivity index (χ3n) is 3.39. The molecule has 0 aliphatic rings. The highest BCUT2D eigenvalue weighted by Gasteiger charge is 2.51. The molecule has 0 unspecified atom stereocenters. The van der Waals surface area contributed by atoms with Crippen LogP contribution in [0.2, 0.25) is 0 Å². The first-order chi connectivity index (χ1) is 12.1. The predicted octanol–water partition coefficient (Wildman–Crippen LogP) is 6.39. The maximum Gasteiger partial charge on any atom is 0.399 e. The normalized spacial score (nSPS) is 12.7. The molecule has 9 heteroatoms. The molecule has 2 rings (SSSR count). The van der Waals surface area contributed by atoms with Crippen LogP contribution in [-0.2, 0) is 16.0 Å². The zero-order chi connectivity index (χ0) is 19.4. The van der Waals surface area contributed by atoms with Gasteiger partial charge >= 0.3 is 13.3 Å². The first-order valence-electron chi connectivity index (χ1n) is 7.33. The van der Waals surface area contributed by atoms with Crippen LogP contribution in [0.4, 0.5) is 8.78 Å². The molecular weight excluding hydrogens is 513 g/mol. The lowest BCUT2D eigenvalue weighted by molar-refractivity contribution is 0.0557. The molecule has 0 aliphatic heterocycles. The number of benzene rings is 2. The molecule has 0 fully saturated rings. The van der Waals surface area contributed by atoms with Crippen molar-refractivity contribution in [2.75, 3.05) is 5.75 Å². The Kier molecular flexibility index (Phi) is 7.65. The third-order valence-corrected chi connectivity index (χ3v) is 6.51. The van der Waals surface area contributed by atoms with Gasteiger partial charge in [0.05, 0.1) is 0 Å². The first kappa shape index (κ1) is 21.8. The summed E-state index contributed by atoms with van der Waals surface area (Å²) in [6.45, 7) is 0. The Labute approximate surface area is 171 Å². The van der Waals surface area contributed by atoms with Gasteiger partial charge < -0.3 is 9.79 Å². The predicted molar refractivity (Wildman–Crippen MR) is 109 cm³/mol. The summed E-state index contributed by atoms with van der Waals surface area (Å²) in [6.07, 6.45) is 4.01. The Morgan fingerprint density at radius 1 is 1.12 bits per heavy atom. The molecule has 0 radical (unpaired) electrons. The number of thioether (sulfide) groups is 1. The highest BCUT2D eigenvalue weighted by atomic mass is 79.9. The standard InChI is InChI=1S/C17H15Br2F2O3PS/c18-14-6-3-12(4-7-14)2-1-9-26-11-13-5-8-15(16(19)10-13)17(20,21)25(22,23)24/h1-8,10H,9,11H2,(H2,22,23,24). The van der Waals surface area contributed by atoms with Crippen molar-refractivity contribution in [2.45, 2.75) is 11.4 Å². The highest BCUT2D eigenvalue weighted by Crippen LogP contribution is 2.60. The van der Waals surface area contributed by atoms with Gasteiger partial charge in [-0.2, -0.15) is 20.5 Å². The highest BCUT2D eigenvalue weighted by molar-refractivity contribution is 9.10.